The fourth-order valence-corrected chi connectivity index (χ4v) is 3.57. The van der Waals surface area contributed by atoms with E-state index in [-0.39, 0.29) is 18.3 Å². The zero-order chi connectivity index (χ0) is 19.3. The number of benzene rings is 2. The van der Waals surface area contributed by atoms with Crippen molar-refractivity contribution in [1.29, 1.82) is 0 Å². The van der Waals surface area contributed by atoms with Crippen LogP contribution < -0.4 is 10.6 Å². The minimum absolute atomic E-state index is 0. The number of hydrogen-bond acceptors (Lipinski definition) is 5. The van der Waals surface area contributed by atoms with Crippen LogP contribution in [0.5, 0.6) is 0 Å². The number of hydrogen-bond donors (Lipinski definition) is 2. The lowest BCUT2D eigenvalue weighted by Crippen LogP contribution is -2.38. The number of nitrogens with zero attached hydrogens (tertiary/aromatic N) is 2. The molecule has 1 unspecified atom stereocenters. The Bertz CT molecular complexity index is 971. The van der Waals surface area contributed by atoms with Crippen molar-refractivity contribution in [3.05, 3.63) is 59.1 Å². The molecule has 1 aliphatic rings. The van der Waals surface area contributed by atoms with Gasteiger partial charge in [0.15, 0.2) is 0 Å². The summed E-state index contributed by atoms with van der Waals surface area (Å²) in [6.45, 7) is 2.64. The number of aromatic nitrogens is 2. The van der Waals surface area contributed by atoms with Crippen molar-refractivity contribution in [2.24, 2.45) is 5.92 Å². The molecule has 2 N–H and O–H groups in total. The van der Waals surface area contributed by atoms with Crippen molar-refractivity contribution in [2.75, 3.05) is 19.6 Å². The van der Waals surface area contributed by atoms with Gasteiger partial charge in [0.2, 0.25) is 5.82 Å². The lowest BCUT2D eigenvalue weighted by atomic mass is 9.99. The van der Waals surface area contributed by atoms with Gasteiger partial charge in [-0.25, -0.2) is 0 Å². The zero-order valence-corrected chi connectivity index (χ0v) is 17.3. The fourth-order valence-electron chi connectivity index (χ4n) is 3.38. The smallest absolute Gasteiger partial charge is 0.259 e. The van der Waals surface area contributed by atoms with Crippen LogP contribution in [0, 0.1) is 5.92 Å². The molecule has 0 saturated carbocycles. The van der Waals surface area contributed by atoms with E-state index in [9.17, 15) is 4.79 Å². The van der Waals surface area contributed by atoms with Crippen LogP contribution in [-0.4, -0.2) is 35.7 Å². The average molecular weight is 433 g/mol. The third kappa shape index (κ3) is 5.15. The van der Waals surface area contributed by atoms with E-state index in [1.807, 2.05) is 30.3 Å². The summed E-state index contributed by atoms with van der Waals surface area (Å²) in [6.07, 6.45) is 2.27. The second-order valence-corrected chi connectivity index (χ2v) is 7.34. The van der Waals surface area contributed by atoms with Gasteiger partial charge in [-0.3, -0.25) is 4.79 Å². The van der Waals surface area contributed by atoms with Crippen molar-refractivity contribution in [3.63, 3.8) is 0 Å². The summed E-state index contributed by atoms with van der Waals surface area (Å²) in [5.74, 6) is 1.06. The number of nitrogens with one attached hydrogen (secondary N) is 2. The molecule has 29 heavy (non-hydrogen) atoms. The van der Waals surface area contributed by atoms with Gasteiger partial charge in [0.1, 0.15) is 0 Å². The molecule has 8 heteroatoms. The van der Waals surface area contributed by atoms with E-state index in [1.54, 1.807) is 18.2 Å². The summed E-state index contributed by atoms with van der Waals surface area (Å²) in [6, 6.07) is 14.5. The van der Waals surface area contributed by atoms with Gasteiger partial charge in [-0.1, -0.05) is 41.0 Å². The molecule has 2 heterocycles. The Kier molecular flexibility index (Phi) is 7.25. The van der Waals surface area contributed by atoms with E-state index in [0.29, 0.717) is 40.3 Å². The number of piperidine rings is 1. The Morgan fingerprint density at radius 3 is 2.90 bits per heavy atom. The van der Waals surface area contributed by atoms with Crippen LogP contribution in [0.15, 0.2) is 53.1 Å². The van der Waals surface area contributed by atoms with E-state index in [2.05, 4.69) is 20.8 Å². The highest BCUT2D eigenvalue weighted by atomic mass is 35.5. The largest absolute Gasteiger partial charge is 0.352 e. The molecular weight excluding hydrogens is 411 g/mol. The predicted molar refractivity (Wildman–Crippen MR) is 115 cm³/mol. The highest BCUT2D eigenvalue weighted by molar-refractivity contribution is 6.30. The summed E-state index contributed by atoms with van der Waals surface area (Å²) >= 11 is 6.04. The first-order chi connectivity index (χ1) is 13.7. The molecule has 1 saturated heterocycles. The van der Waals surface area contributed by atoms with E-state index >= 15 is 0 Å². The molecule has 1 atom stereocenters. The van der Waals surface area contributed by atoms with Crippen molar-refractivity contribution >= 4 is 29.9 Å². The second kappa shape index (κ2) is 9.87. The highest BCUT2D eigenvalue weighted by Crippen LogP contribution is 2.26. The molecule has 152 valence electrons. The minimum atomic E-state index is -0.135. The number of amides is 1. The van der Waals surface area contributed by atoms with Gasteiger partial charge >= 0.3 is 0 Å². The van der Waals surface area contributed by atoms with Crippen LogP contribution in [0.1, 0.15) is 23.2 Å². The van der Waals surface area contributed by atoms with Crippen molar-refractivity contribution in [3.8, 4) is 22.8 Å². The maximum atomic E-state index is 12.8. The maximum absolute atomic E-state index is 12.8. The first kappa shape index (κ1) is 21.3. The molecule has 1 aliphatic heterocycles. The number of halogens is 2. The zero-order valence-electron chi connectivity index (χ0n) is 15.7. The summed E-state index contributed by atoms with van der Waals surface area (Å²) in [5, 5.41) is 11.0. The van der Waals surface area contributed by atoms with Gasteiger partial charge in [0.25, 0.3) is 11.8 Å². The normalized spacial score (nSPS) is 16.1. The molecule has 1 fully saturated rings. The predicted octanol–water partition coefficient (Wildman–Crippen LogP) is 4.21. The van der Waals surface area contributed by atoms with Gasteiger partial charge in [0, 0.05) is 17.1 Å². The lowest BCUT2D eigenvalue weighted by Gasteiger charge is -2.23. The molecule has 1 amide bonds. The lowest BCUT2D eigenvalue weighted by molar-refractivity contribution is 0.0945. The SMILES string of the molecule is Cl.O=C(NCC1CCCNC1)c1ccccc1-c1nc(-c2cccc(Cl)c2)no1. The molecule has 2 aromatic carbocycles. The van der Waals surface area contributed by atoms with Gasteiger partial charge in [-0.2, -0.15) is 4.98 Å². The first-order valence-corrected chi connectivity index (χ1v) is 9.76. The standard InChI is InChI=1S/C21H21ClN4O2.ClH/c22-16-7-3-6-15(11-16)19-25-21(28-26-19)18-9-2-1-8-17(18)20(27)24-13-14-5-4-10-23-12-14;/h1-3,6-9,11,14,23H,4-5,10,12-13H2,(H,24,27);1H. The summed E-state index contributed by atoms with van der Waals surface area (Å²) < 4.78 is 5.44. The van der Waals surface area contributed by atoms with Gasteiger partial charge in [0.05, 0.1) is 11.1 Å². The van der Waals surface area contributed by atoms with E-state index in [0.717, 1.165) is 31.5 Å². The third-order valence-electron chi connectivity index (χ3n) is 4.86. The monoisotopic (exact) mass is 432 g/mol. The molecule has 4 rings (SSSR count). The number of carbonyl (C=O) groups is 1. The van der Waals surface area contributed by atoms with Gasteiger partial charge in [-0.15, -0.1) is 12.4 Å². The van der Waals surface area contributed by atoms with E-state index in [4.69, 9.17) is 16.1 Å². The van der Waals surface area contributed by atoms with Crippen molar-refractivity contribution in [2.45, 2.75) is 12.8 Å². The summed E-state index contributed by atoms with van der Waals surface area (Å²) in [5.41, 5.74) is 1.89. The average Bonchev–Trinajstić information content (AvgIpc) is 3.23. The van der Waals surface area contributed by atoms with Crippen LogP contribution in [0.2, 0.25) is 5.02 Å². The quantitative estimate of drug-likeness (QED) is 0.630. The molecular formula is C21H22Cl2N4O2. The fraction of sp³-hybridized carbons (Fsp3) is 0.286. The molecule has 3 aromatic rings. The minimum Gasteiger partial charge on any atom is -0.352 e. The molecule has 0 bridgehead atoms. The Labute approximate surface area is 180 Å². The van der Waals surface area contributed by atoms with Crippen molar-refractivity contribution in [1.82, 2.24) is 20.8 Å². The molecule has 6 nitrogen and oxygen atoms in total. The molecule has 0 aliphatic carbocycles. The molecule has 0 radical (unpaired) electrons. The van der Waals surface area contributed by atoms with E-state index in [1.165, 1.54) is 0 Å². The molecule has 0 spiro atoms. The van der Waals surface area contributed by atoms with Gasteiger partial charge < -0.3 is 15.2 Å². The Morgan fingerprint density at radius 1 is 1.24 bits per heavy atom. The maximum Gasteiger partial charge on any atom is 0.259 e. The van der Waals surface area contributed by atoms with Crippen LogP contribution in [-0.2, 0) is 0 Å². The van der Waals surface area contributed by atoms with Crippen molar-refractivity contribution < 1.29 is 9.32 Å². The van der Waals surface area contributed by atoms with Gasteiger partial charge in [-0.05, 0) is 56.1 Å². The third-order valence-corrected chi connectivity index (χ3v) is 5.10. The topological polar surface area (TPSA) is 80.0 Å². The number of rotatable bonds is 5. The van der Waals surface area contributed by atoms with Crippen LogP contribution in [0.25, 0.3) is 22.8 Å². The Morgan fingerprint density at radius 2 is 2.10 bits per heavy atom. The van der Waals surface area contributed by atoms with E-state index < -0.39 is 0 Å². The second-order valence-electron chi connectivity index (χ2n) is 6.90. The number of carbonyl (C=O) groups excluding carboxylic acids is 1. The summed E-state index contributed by atoms with van der Waals surface area (Å²) in [7, 11) is 0. The van der Waals surface area contributed by atoms with Crippen LogP contribution in [0.4, 0.5) is 0 Å². The molecule has 1 aromatic heterocycles. The summed E-state index contributed by atoms with van der Waals surface area (Å²) in [4.78, 5) is 17.2. The Hall–Kier alpha value is -2.41. The Balaban J connectivity index is 0.00000240. The van der Waals surface area contributed by atoms with Crippen LogP contribution in [0.3, 0.4) is 0 Å². The first-order valence-electron chi connectivity index (χ1n) is 9.38. The highest BCUT2D eigenvalue weighted by Gasteiger charge is 2.20. The van der Waals surface area contributed by atoms with Crippen LogP contribution >= 0.6 is 24.0 Å².